The van der Waals surface area contributed by atoms with E-state index in [4.69, 9.17) is 4.74 Å². The Kier molecular flexibility index (Phi) is 5.32. The molecule has 1 saturated carbocycles. The number of likely N-dealkylation sites (tertiary alicyclic amines) is 1. The predicted octanol–water partition coefficient (Wildman–Crippen LogP) is 1.69. The number of nitrogens with one attached hydrogen (secondary N) is 1. The minimum atomic E-state index is -0.390. The van der Waals surface area contributed by atoms with Crippen molar-refractivity contribution >= 4 is 5.91 Å². The Labute approximate surface area is 133 Å². The van der Waals surface area contributed by atoms with Crippen molar-refractivity contribution in [2.75, 3.05) is 26.3 Å². The number of ether oxygens (including phenoxy) is 1. The van der Waals surface area contributed by atoms with E-state index in [1.165, 1.54) is 32.1 Å². The van der Waals surface area contributed by atoms with Gasteiger partial charge in [0, 0.05) is 25.1 Å². The first-order valence-electron chi connectivity index (χ1n) is 8.79. The van der Waals surface area contributed by atoms with Gasteiger partial charge in [-0.25, -0.2) is 0 Å². The van der Waals surface area contributed by atoms with E-state index in [0.717, 1.165) is 25.9 Å². The van der Waals surface area contributed by atoms with Gasteiger partial charge in [0.2, 0.25) is 5.91 Å². The smallest absolute Gasteiger partial charge is 0.225 e. The van der Waals surface area contributed by atoms with Crippen molar-refractivity contribution in [1.82, 2.24) is 10.2 Å². The lowest BCUT2D eigenvalue weighted by molar-refractivity contribution is -0.125. The molecule has 22 heavy (non-hydrogen) atoms. The lowest BCUT2D eigenvalue weighted by Gasteiger charge is -2.31. The number of nitriles is 1. The Hall–Kier alpha value is -1.12. The van der Waals surface area contributed by atoms with Gasteiger partial charge in [0.25, 0.3) is 0 Å². The summed E-state index contributed by atoms with van der Waals surface area (Å²) in [6.45, 7) is 3.21. The molecule has 1 N–H and O–H groups in total. The number of nitrogens with zero attached hydrogens (tertiary/aromatic N) is 2. The molecule has 3 unspecified atom stereocenters. The Morgan fingerprint density at radius 2 is 2.05 bits per heavy atom. The largest absolute Gasteiger partial charge is 0.381 e. The van der Waals surface area contributed by atoms with Crippen LogP contribution < -0.4 is 5.32 Å². The average Bonchev–Trinajstić information content (AvgIpc) is 3.24. The Morgan fingerprint density at radius 1 is 1.23 bits per heavy atom. The van der Waals surface area contributed by atoms with Gasteiger partial charge in [0.05, 0.1) is 18.6 Å². The van der Waals surface area contributed by atoms with Crippen LogP contribution in [0.4, 0.5) is 0 Å². The number of carbonyl (C=O) groups is 1. The molecule has 1 aliphatic carbocycles. The summed E-state index contributed by atoms with van der Waals surface area (Å²) < 4.78 is 5.33. The second-order valence-electron chi connectivity index (χ2n) is 7.01. The third kappa shape index (κ3) is 3.61. The summed E-state index contributed by atoms with van der Waals surface area (Å²) in [6.07, 6.45) is 8.40. The molecule has 5 nitrogen and oxygen atoms in total. The summed E-state index contributed by atoms with van der Waals surface area (Å²) in [5.74, 6) is 0.279. The fourth-order valence-electron chi connectivity index (χ4n) is 4.12. The third-order valence-corrected chi connectivity index (χ3v) is 5.55. The molecule has 0 aromatic heterocycles. The van der Waals surface area contributed by atoms with Crippen LogP contribution in [-0.2, 0) is 9.53 Å². The maximum absolute atomic E-state index is 12.5. The van der Waals surface area contributed by atoms with Crippen LogP contribution >= 0.6 is 0 Å². The summed E-state index contributed by atoms with van der Waals surface area (Å²) in [4.78, 5) is 15.0. The summed E-state index contributed by atoms with van der Waals surface area (Å²) in [7, 11) is 0. The SMILES string of the molecule is N#CC(NC(=O)C1CCN(C2CCCCC2)C1)C1CCOC1. The van der Waals surface area contributed by atoms with Crippen molar-refractivity contribution in [2.45, 2.75) is 57.0 Å². The molecular weight excluding hydrogens is 278 g/mol. The van der Waals surface area contributed by atoms with Gasteiger partial charge in [-0.3, -0.25) is 9.69 Å². The van der Waals surface area contributed by atoms with Crippen molar-refractivity contribution < 1.29 is 9.53 Å². The van der Waals surface area contributed by atoms with Gasteiger partial charge in [0.1, 0.15) is 6.04 Å². The molecule has 3 rings (SSSR count). The summed E-state index contributed by atoms with van der Waals surface area (Å²) >= 11 is 0. The van der Waals surface area contributed by atoms with E-state index < -0.39 is 6.04 Å². The van der Waals surface area contributed by atoms with E-state index >= 15 is 0 Å². The second kappa shape index (κ2) is 7.43. The Morgan fingerprint density at radius 3 is 2.73 bits per heavy atom. The maximum Gasteiger partial charge on any atom is 0.225 e. The van der Waals surface area contributed by atoms with Gasteiger partial charge < -0.3 is 10.1 Å². The molecule has 3 fully saturated rings. The highest BCUT2D eigenvalue weighted by molar-refractivity contribution is 5.79. The van der Waals surface area contributed by atoms with Crippen LogP contribution in [0.25, 0.3) is 0 Å². The highest BCUT2D eigenvalue weighted by Crippen LogP contribution is 2.28. The van der Waals surface area contributed by atoms with Crippen molar-refractivity contribution in [2.24, 2.45) is 11.8 Å². The molecule has 2 aliphatic heterocycles. The number of carbonyl (C=O) groups excluding carboxylic acids is 1. The van der Waals surface area contributed by atoms with Crippen LogP contribution in [0.2, 0.25) is 0 Å². The second-order valence-corrected chi connectivity index (χ2v) is 7.01. The molecule has 0 radical (unpaired) electrons. The average molecular weight is 305 g/mol. The highest BCUT2D eigenvalue weighted by atomic mass is 16.5. The van der Waals surface area contributed by atoms with Crippen molar-refractivity contribution in [3.63, 3.8) is 0 Å². The fraction of sp³-hybridized carbons (Fsp3) is 0.882. The van der Waals surface area contributed by atoms with Gasteiger partial charge in [-0.15, -0.1) is 0 Å². The highest BCUT2D eigenvalue weighted by Gasteiger charge is 2.35. The van der Waals surface area contributed by atoms with Crippen LogP contribution in [0.3, 0.4) is 0 Å². The standard InChI is InChI=1S/C17H27N3O2/c18-10-16(14-7-9-22-12-14)19-17(21)13-6-8-20(11-13)15-4-2-1-3-5-15/h13-16H,1-9,11-12H2,(H,19,21). The molecule has 3 atom stereocenters. The molecule has 0 aromatic carbocycles. The van der Waals surface area contributed by atoms with Crippen LogP contribution in [0, 0.1) is 23.2 Å². The number of rotatable bonds is 4. The van der Waals surface area contributed by atoms with E-state index in [1.807, 2.05) is 0 Å². The molecule has 0 spiro atoms. The van der Waals surface area contributed by atoms with Crippen LogP contribution in [0.1, 0.15) is 44.9 Å². The van der Waals surface area contributed by atoms with Crippen molar-refractivity contribution in [1.29, 1.82) is 5.26 Å². The zero-order valence-electron chi connectivity index (χ0n) is 13.3. The first-order chi connectivity index (χ1) is 10.8. The predicted molar refractivity (Wildman–Crippen MR) is 83.0 cm³/mol. The Bertz CT molecular complexity index is 422. The molecular formula is C17H27N3O2. The van der Waals surface area contributed by atoms with Gasteiger partial charge in [-0.05, 0) is 32.2 Å². The molecule has 2 saturated heterocycles. The van der Waals surface area contributed by atoms with Gasteiger partial charge >= 0.3 is 0 Å². The van der Waals surface area contributed by atoms with E-state index in [1.54, 1.807) is 0 Å². The monoisotopic (exact) mass is 305 g/mol. The summed E-state index contributed by atoms with van der Waals surface area (Å²) in [5.41, 5.74) is 0. The number of amides is 1. The lowest BCUT2D eigenvalue weighted by Crippen LogP contribution is -2.44. The molecule has 122 valence electrons. The molecule has 3 aliphatic rings. The quantitative estimate of drug-likeness (QED) is 0.858. The number of hydrogen-bond donors (Lipinski definition) is 1. The normalized spacial score (nSPS) is 31.8. The first kappa shape index (κ1) is 15.8. The summed E-state index contributed by atoms with van der Waals surface area (Å²) in [6, 6.07) is 2.54. The minimum Gasteiger partial charge on any atom is -0.381 e. The lowest BCUT2D eigenvalue weighted by atomic mass is 9.94. The van der Waals surface area contributed by atoms with Crippen LogP contribution in [-0.4, -0.2) is 49.2 Å². The van der Waals surface area contributed by atoms with Gasteiger partial charge in [-0.1, -0.05) is 19.3 Å². The maximum atomic E-state index is 12.5. The van der Waals surface area contributed by atoms with E-state index in [2.05, 4.69) is 16.3 Å². The molecule has 5 heteroatoms. The molecule has 0 aromatic rings. The molecule has 0 bridgehead atoms. The summed E-state index contributed by atoms with van der Waals surface area (Å²) in [5, 5.41) is 12.3. The first-order valence-corrected chi connectivity index (χ1v) is 8.79. The van der Waals surface area contributed by atoms with Crippen LogP contribution in [0.15, 0.2) is 0 Å². The molecule has 2 heterocycles. The minimum absolute atomic E-state index is 0.0556. The van der Waals surface area contributed by atoms with Gasteiger partial charge in [0.15, 0.2) is 0 Å². The van der Waals surface area contributed by atoms with Gasteiger partial charge in [-0.2, -0.15) is 5.26 Å². The Balaban J connectivity index is 1.49. The zero-order valence-corrected chi connectivity index (χ0v) is 13.3. The van der Waals surface area contributed by atoms with Crippen LogP contribution in [0.5, 0.6) is 0 Å². The fourth-order valence-corrected chi connectivity index (χ4v) is 4.12. The van der Waals surface area contributed by atoms with E-state index in [9.17, 15) is 10.1 Å². The van der Waals surface area contributed by atoms with Crippen molar-refractivity contribution in [3.05, 3.63) is 0 Å². The topological polar surface area (TPSA) is 65.4 Å². The number of hydrogen-bond acceptors (Lipinski definition) is 4. The van der Waals surface area contributed by atoms with Crippen molar-refractivity contribution in [3.8, 4) is 6.07 Å². The third-order valence-electron chi connectivity index (χ3n) is 5.55. The van der Waals surface area contributed by atoms with E-state index in [-0.39, 0.29) is 17.7 Å². The zero-order chi connectivity index (χ0) is 15.4. The molecule has 1 amide bonds. The van der Waals surface area contributed by atoms with E-state index in [0.29, 0.717) is 19.3 Å².